The molecule has 2 heteroatoms. The van der Waals surface area contributed by atoms with Crippen LogP contribution in [0.3, 0.4) is 0 Å². The van der Waals surface area contributed by atoms with E-state index in [1.807, 2.05) is 0 Å². The molecule has 112 valence electrons. The summed E-state index contributed by atoms with van der Waals surface area (Å²) in [7, 11) is 0. The van der Waals surface area contributed by atoms with Crippen LogP contribution in [-0.4, -0.2) is 6.04 Å². The quantitative estimate of drug-likeness (QED) is 0.772. The van der Waals surface area contributed by atoms with E-state index in [9.17, 15) is 0 Å². The van der Waals surface area contributed by atoms with Gasteiger partial charge in [-0.3, -0.25) is 0 Å². The summed E-state index contributed by atoms with van der Waals surface area (Å²) in [6.45, 7) is 12.7. The molecule has 1 aromatic carbocycles. The zero-order valence-corrected chi connectivity index (χ0v) is 15.1. The number of rotatable bonds is 3. The molecular formula is C18H28BrN. The Morgan fingerprint density at radius 3 is 2.30 bits per heavy atom. The SMILES string of the molecule is Cc1ccc(CNC2CC(C)(C)CC(C)(C)C2)c(Br)c1. The van der Waals surface area contributed by atoms with Crippen LogP contribution in [0.25, 0.3) is 0 Å². The molecule has 1 N–H and O–H groups in total. The van der Waals surface area contributed by atoms with Crippen molar-refractivity contribution in [3.8, 4) is 0 Å². The number of aryl methyl sites for hydroxylation is 1. The van der Waals surface area contributed by atoms with Gasteiger partial charge in [0.15, 0.2) is 0 Å². The Morgan fingerprint density at radius 2 is 1.75 bits per heavy atom. The van der Waals surface area contributed by atoms with Crippen LogP contribution in [0.5, 0.6) is 0 Å². The van der Waals surface area contributed by atoms with Gasteiger partial charge in [-0.1, -0.05) is 55.8 Å². The van der Waals surface area contributed by atoms with Gasteiger partial charge in [0.1, 0.15) is 0 Å². The first-order chi connectivity index (χ1) is 9.17. The Hall–Kier alpha value is -0.340. The van der Waals surface area contributed by atoms with Crippen LogP contribution in [0.4, 0.5) is 0 Å². The third-order valence-electron chi connectivity index (χ3n) is 4.34. The van der Waals surface area contributed by atoms with E-state index >= 15 is 0 Å². The van der Waals surface area contributed by atoms with E-state index in [1.54, 1.807) is 0 Å². The van der Waals surface area contributed by atoms with Crippen LogP contribution < -0.4 is 5.32 Å². The van der Waals surface area contributed by atoms with Crippen LogP contribution in [0.1, 0.15) is 58.1 Å². The molecule has 0 amide bonds. The lowest BCUT2D eigenvalue weighted by Gasteiger charge is -2.45. The van der Waals surface area contributed by atoms with Crippen LogP contribution in [0.2, 0.25) is 0 Å². The van der Waals surface area contributed by atoms with E-state index in [2.05, 4.69) is 74.1 Å². The van der Waals surface area contributed by atoms with Gasteiger partial charge in [-0.15, -0.1) is 0 Å². The maximum Gasteiger partial charge on any atom is 0.0222 e. The lowest BCUT2D eigenvalue weighted by atomic mass is 9.63. The smallest absolute Gasteiger partial charge is 0.0222 e. The third kappa shape index (κ3) is 4.33. The summed E-state index contributed by atoms with van der Waals surface area (Å²) in [6, 6.07) is 7.25. The predicted octanol–water partition coefficient (Wildman–Crippen LogP) is 5.45. The molecule has 0 saturated heterocycles. The number of hydrogen-bond donors (Lipinski definition) is 1. The fraction of sp³-hybridized carbons (Fsp3) is 0.667. The lowest BCUT2D eigenvalue weighted by Crippen LogP contribution is -2.43. The summed E-state index contributed by atoms with van der Waals surface area (Å²) in [6.07, 6.45) is 3.88. The number of benzene rings is 1. The van der Waals surface area contributed by atoms with Gasteiger partial charge in [-0.05, 0) is 54.2 Å². The molecule has 20 heavy (non-hydrogen) atoms. The van der Waals surface area contributed by atoms with Crippen LogP contribution >= 0.6 is 15.9 Å². The van der Waals surface area contributed by atoms with E-state index in [0.717, 1.165) is 6.54 Å². The number of hydrogen-bond acceptors (Lipinski definition) is 1. The summed E-state index contributed by atoms with van der Waals surface area (Å²) in [5, 5.41) is 3.78. The van der Waals surface area contributed by atoms with Crippen molar-refractivity contribution in [1.82, 2.24) is 5.32 Å². The van der Waals surface area contributed by atoms with Crippen molar-refractivity contribution in [3.05, 3.63) is 33.8 Å². The van der Waals surface area contributed by atoms with Crippen molar-refractivity contribution in [3.63, 3.8) is 0 Å². The highest BCUT2D eigenvalue weighted by molar-refractivity contribution is 9.10. The van der Waals surface area contributed by atoms with E-state index in [4.69, 9.17) is 0 Å². The van der Waals surface area contributed by atoms with Gasteiger partial charge in [0.05, 0.1) is 0 Å². The maximum absolute atomic E-state index is 3.78. The first-order valence-corrected chi connectivity index (χ1v) is 8.45. The molecule has 1 aliphatic rings. The topological polar surface area (TPSA) is 12.0 Å². The molecule has 2 rings (SSSR count). The number of halogens is 1. The van der Waals surface area contributed by atoms with Crippen LogP contribution in [0.15, 0.2) is 22.7 Å². The molecular weight excluding hydrogens is 310 g/mol. The summed E-state index contributed by atoms with van der Waals surface area (Å²) in [5.41, 5.74) is 3.56. The minimum absolute atomic E-state index is 0.448. The van der Waals surface area contributed by atoms with Gasteiger partial charge in [0, 0.05) is 17.1 Å². The Kier molecular flexibility index (Phi) is 4.66. The van der Waals surface area contributed by atoms with Crippen molar-refractivity contribution in [2.24, 2.45) is 10.8 Å². The molecule has 1 saturated carbocycles. The van der Waals surface area contributed by atoms with Crippen LogP contribution in [0, 0.1) is 17.8 Å². The maximum atomic E-state index is 3.78. The van der Waals surface area contributed by atoms with Gasteiger partial charge in [0.2, 0.25) is 0 Å². The van der Waals surface area contributed by atoms with E-state index < -0.39 is 0 Å². The average Bonchev–Trinajstić information content (AvgIpc) is 2.23. The highest BCUT2D eigenvalue weighted by Gasteiger charge is 2.38. The van der Waals surface area contributed by atoms with Gasteiger partial charge < -0.3 is 5.32 Å². The van der Waals surface area contributed by atoms with Crippen molar-refractivity contribution < 1.29 is 0 Å². The van der Waals surface area contributed by atoms with Gasteiger partial charge in [-0.25, -0.2) is 0 Å². The highest BCUT2D eigenvalue weighted by Crippen LogP contribution is 2.45. The Morgan fingerprint density at radius 1 is 1.15 bits per heavy atom. The normalized spacial score (nSPS) is 21.9. The van der Waals surface area contributed by atoms with E-state index in [0.29, 0.717) is 16.9 Å². The molecule has 1 aromatic rings. The molecule has 0 aliphatic heterocycles. The van der Waals surface area contributed by atoms with Crippen LogP contribution in [-0.2, 0) is 6.54 Å². The minimum atomic E-state index is 0.448. The molecule has 0 aromatic heterocycles. The molecule has 0 radical (unpaired) electrons. The molecule has 0 unspecified atom stereocenters. The first-order valence-electron chi connectivity index (χ1n) is 7.65. The second kappa shape index (κ2) is 5.81. The fourth-order valence-electron chi connectivity index (χ4n) is 4.04. The monoisotopic (exact) mass is 337 g/mol. The average molecular weight is 338 g/mol. The molecule has 0 bridgehead atoms. The molecule has 0 atom stereocenters. The zero-order valence-electron chi connectivity index (χ0n) is 13.5. The fourth-order valence-corrected chi connectivity index (χ4v) is 4.67. The summed E-state index contributed by atoms with van der Waals surface area (Å²) in [4.78, 5) is 0. The Labute approximate surface area is 132 Å². The summed E-state index contributed by atoms with van der Waals surface area (Å²) < 4.78 is 1.22. The molecule has 1 fully saturated rings. The van der Waals surface area contributed by atoms with E-state index in [-0.39, 0.29) is 0 Å². The lowest BCUT2D eigenvalue weighted by molar-refractivity contribution is 0.0844. The molecule has 1 nitrogen and oxygen atoms in total. The summed E-state index contributed by atoms with van der Waals surface area (Å²) >= 11 is 3.68. The van der Waals surface area contributed by atoms with E-state index in [1.165, 1.54) is 34.9 Å². The molecule has 0 spiro atoms. The third-order valence-corrected chi connectivity index (χ3v) is 5.08. The highest BCUT2D eigenvalue weighted by atomic mass is 79.9. The first kappa shape index (κ1) is 16.0. The van der Waals surface area contributed by atoms with Crippen molar-refractivity contribution >= 4 is 15.9 Å². The zero-order chi connectivity index (χ0) is 15.0. The van der Waals surface area contributed by atoms with Gasteiger partial charge >= 0.3 is 0 Å². The standard InChI is InChI=1S/C18H28BrN/c1-13-6-7-14(16(19)8-13)11-20-15-9-17(2,3)12-18(4,5)10-15/h6-8,15,20H,9-12H2,1-5H3. The van der Waals surface area contributed by atoms with Crippen molar-refractivity contribution in [1.29, 1.82) is 0 Å². The van der Waals surface area contributed by atoms with Crippen molar-refractivity contribution in [2.75, 3.05) is 0 Å². The summed E-state index contributed by atoms with van der Waals surface area (Å²) in [5.74, 6) is 0. The predicted molar refractivity (Wildman–Crippen MR) is 90.9 cm³/mol. The second-order valence-corrected chi connectivity index (χ2v) is 8.94. The minimum Gasteiger partial charge on any atom is -0.310 e. The van der Waals surface area contributed by atoms with Crippen molar-refractivity contribution in [2.45, 2.75) is 66.5 Å². The molecule has 1 aliphatic carbocycles. The van der Waals surface area contributed by atoms with Gasteiger partial charge in [0.25, 0.3) is 0 Å². The number of nitrogens with one attached hydrogen (secondary N) is 1. The Bertz CT molecular complexity index is 460. The molecule has 0 heterocycles. The van der Waals surface area contributed by atoms with Gasteiger partial charge in [-0.2, -0.15) is 0 Å². The second-order valence-electron chi connectivity index (χ2n) is 8.09. The Balaban J connectivity index is 2.00. The largest absolute Gasteiger partial charge is 0.310 e.